The molecule has 0 unspecified atom stereocenters. The SMILES string of the molecule is CNC(=O)CCNC(=O)c1cc(C#CCO)ccc1F. The van der Waals surface area contributed by atoms with Gasteiger partial charge in [0, 0.05) is 25.6 Å². The minimum absolute atomic E-state index is 0.116. The molecular formula is C14H15FN2O3. The van der Waals surface area contributed by atoms with Gasteiger partial charge in [-0.05, 0) is 18.2 Å². The van der Waals surface area contributed by atoms with Gasteiger partial charge in [0.25, 0.3) is 5.91 Å². The van der Waals surface area contributed by atoms with Crippen molar-refractivity contribution in [1.82, 2.24) is 10.6 Å². The lowest BCUT2D eigenvalue weighted by atomic mass is 10.1. The van der Waals surface area contributed by atoms with Crippen molar-refractivity contribution in [1.29, 1.82) is 0 Å². The second-order valence-corrected chi connectivity index (χ2v) is 3.83. The normalized spacial score (nSPS) is 9.35. The molecule has 0 aliphatic rings. The number of halogens is 1. The van der Waals surface area contributed by atoms with Crippen molar-refractivity contribution in [3.63, 3.8) is 0 Å². The van der Waals surface area contributed by atoms with E-state index in [0.29, 0.717) is 5.56 Å². The van der Waals surface area contributed by atoms with Gasteiger partial charge in [-0.25, -0.2) is 4.39 Å². The first-order valence-corrected chi connectivity index (χ1v) is 5.96. The predicted molar refractivity (Wildman–Crippen MR) is 71.4 cm³/mol. The van der Waals surface area contributed by atoms with Crippen molar-refractivity contribution >= 4 is 11.8 Å². The first-order chi connectivity index (χ1) is 9.58. The Bertz CT molecular complexity index is 561. The molecule has 20 heavy (non-hydrogen) atoms. The van der Waals surface area contributed by atoms with Crippen LogP contribution in [0.4, 0.5) is 4.39 Å². The summed E-state index contributed by atoms with van der Waals surface area (Å²) in [6, 6.07) is 3.85. The standard InChI is InChI=1S/C14H15FN2O3/c1-16-13(19)6-7-17-14(20)11-9-10(3-2-8-18)4-5-12(11)15/h4-5,9,18H,6-8H2,1H3,(H,16,19)(H,17,20). The lowest BCUT2D eigenvalue weighted by Crippen LogP contribution is -2.29. The van der Waals surface area contributed by atoms with Gasteiger partial charge in [-0.15, -0.1) is 0 Å². The number of amides is 2. The lowest BCUT2D eigenvalue weighted by molar-refractivity contribution is -0.120. The summed E-state index contributed by atoms with van der Waals surface area (Å²) in [4.78, 5) is 22.8. The number of benzene rings is 1. The van der Waals surface area contributed by atoms with E-state index in [0.717, 1.165) is 6.07 Å². The van der Waals surface area contributed by atoms with E-state index in [9.17, 15) is 14.0 Å². The summed E-state index contributed by atoms with van der Waals surface area (Å²) in [5, 5.41) is 13.5. The van der Waals surface area contributed by atoms with Crippen LogP contribution in [0.3, 0.4) is 0 Å². The van der Waals surface area contributed by atoms with Crippen molar-refractivity contribution in [3.05, 3.63) is 35.1 Å². The summed E-state index contributed by atoms with van der Waals surface area (Å²) in [5.41, 5.74) is 0.281. The number of hydrogen-bond acceptors (Lipinski definition) is 3. The zero-order valence-electron chi connectivity index (χ0n) is 11.0. The van der Waals surface area contributed by atoms with Gasteiger partial charge < -0.3 is 15.7 Å². The maximum Gasteiger partial charge on any atom is 0.254 e. The Morgan fingerprint density at radius 1 is 1.40 bits per heavy atom. The van der Waals surface area contributed by atoms with Gasteiger partial charge in [-0.3, -0.25) is 9.59 Å². The van der Waals surface area contributed by atoms with Crippen LogP contribution in [0.2, 0.25) is 0 Å². The Kier molecular flexibility index (Phi) is 6.20. The van der Waals surface area contributed by atoms with Gasteiger partial charge in [-0.1, -0.05) is 11.8 Å². The number of hydrogen-bond donors (Lipinski definition) is 3. The molecule has 0 spiro atoms. The summed E-state index contributed by atoms with van der Waals surface area (Å²) < 4.78 is 13.6. The fraction of sp³-hybridized carbons (Fsp3) is 0.286. The van der Waals surface area contributed by atoms with Crippen LogP contribution in [0.5, 0.6) is 0 Å². The maximum absolute atomic E-state index is 13.6. The van der Waals surface area contributed by atoms with Crippen LogP contribution < -0.4 is 10.6 Å². The molecule has 6 heteroatoms. The number of nitrogens with one attached hydrogen (secondary N) is 2. The largest absolute Gasteiger partial charge is 0.384 e. The van der Waals surface area contributed by atoms with E-state index in [2.05, 4.69) is 22.5 Å². The van der Waals surface area contributed by atoms with Crippen LogP contribution >= 0.6 is 0 Å². The Morgan fingerprint density at radius 2 is 2.15 bits per heavy atom. The molecule has 0 heterocycles. The highest BCUT2D eigenvalue weighted by atomic mass is 19.1. The van der Waals surface area contributed by atoms with Crippen LogP contribution in [0.15, 0.2) is 18.2 Å². The van der Waals surface area contributed by atoms with Crippen LogP contribution in [-0.2, 0) is 4.79 Å². The average Bonchev–Trinajstić information content (AvgIpc) is 2.45. The van der Waals surface area contributed by atoms with E-state index < -0.39 is 11.7 Å². The molecule has 5 nitrogen and oxygen atoms in total. The van der Waals surface area contributed by atoms with Gasteiger partial charge in [-0.2, -0.15) is 0 Å². The first kappa shape index (κ1) is 15.7. The average molecular weight is 278 g/mol. The molecule has 1 aromatic carbocycles. The van der Waals surface area contributed by atoms with Gasteiger partial charge in [0.1, 0.15) is 12.4 Å². The highest BCUT2D eigenvalue weighted by molar-refractivity contribution is 5.95. The van der Waals surface area contributed by atoms with Gasteiger partial charge >= 0.3 is 0 Å². The van der Waals surface area contributed by atoms with Crippen LogP contribution in [-0.4, -0.2) is 37.1 Å². The lowest BCUT2D eigenvalue weighted by Gasteiger charge is -2.06. The summed E-state index contributed by atoms with van der Waals surface area (Å²) in [6.45, 7) is -0.199. The monoisotopic (exact) mass is 278 g/mol. The molecule has 2 amide bonds. The van der Waals surface area contributed by atoms with E-state index in [4.69, 9.17) is 5.11 Å². The fourth-order valence-electron chi connectivity index (χ4n) is 1.43. The second-order valence-electron chi connectivity index (χ2n) is 3.83. The van der Waals surface area contributed by atoms with Crippen LogP contribution in [0, 0.1) is 17.7 Å². The summed E-state index contributed by atoms with van der Waals surface area (Å²) in [7, 11) is 1.49. The topological polar surface area (TPSA) is 78.4 Å². The number of rotatable bonds is 4. The van der Waals surface area contributed by atoms with Crippen molar-refractivity contribution in [3.8, 4) is 11.8 Å². The Balaban J connectivity index is 2.74. The smallest absolute Gasteiger partial charge is 0.254 e. The van der Waals surface area contributed by atoms with Gasteiger partial charge in [0.15, 0.2) is 0 Å². The highest BCUT2D eigenvalue weighted by Crippen LogP contribution is 2.10. The predicted octanol–water partition coefficient (Wildman–Crippen LogP) is 0.0354. The van der Waals surface area contributed by atoms with Crippen LogP contribution in [0.1, 0.15) is 22.3 Å². The minimum atomic E-state index is -0.669. The third-order valence-electron chi connectivity index (χ3n) is 2.44. The molecule has 0 fully saturated rings. The molecule has 0 aromatic heterocycles. The molecule has 0 aliphatic heterocycles. The number of carbonyl (C=O) groups is 2. The molecule has 0 saturated heterocycles. The van der Waals surface area contributed by atoms with Gasteiger partial charge in [0.05, 0.1) is 5.56 Å². The molecular weight excluding hydrogens is 263 g/mol. The summed E-state index contributed by atoms with van der Waals surface area (Å²) in [5.74, 6) is 3.51. The molecule has 106 valence electrons. The Labute approximate surface area is 116 Å². The molecule has 1 rings (SSSR count). The molecule has 0 aliphatic carbocycles. The van der Waals surface area contributed by atoms with E-state index >= 15 is 0 Å². The summed E-state index contributed by atoms with van der Waals surface area (Å²) in [6.07, 6.45) is 0.119. The quantitative estimate of drug-likeness (QED) is 0.680. The summed E-state index contributed by atoms with van der Waals surface area (Å²) >= 11 is 0. The van der Waals surface area contributed by atoms with E-state index in [1.165, 1.54) is 19.2 Å². The first-order valence-electron chi connectivity index (χ1n) is 5.96. The molecule has 0 atom stereocenters. The molecule has 3 N–H and O–H groups in total. The van der Waals surface area contributed by atoms with Crippen molar-refractivity contribution in [2.24, 2.45) is 0 Å². The van der Waals surface area contributed by atoms with Crippen molar-refractivity contribution in [2.45, 2.75) is 6.42 Å². The molecule has 0 bridgehead atoms. The molecule has 0 radical (unpaired) electrons. The Morgan fingerprint density at radius 3 is 2.80 bits per heavy atom. The van der Waals surface area contributed by atoms with E-state index in [1.54, 1.807) is 0 Å². The molecule has 0 saturated carbocycles. The Hall–Kier alpha value is -2.39. The van der Waals surface area contributed by atoms with Crippen molar-refractivity contribution in [2.75, 3.05) is 20.2 Å². The number of carbonyl (C=O) groups excluding carboxylic acids is 2. The number of aliphatic hydroxyl groups is 1. The molecule has 1 aromatic rings. The van der Waals surface area contributed by atoms with Crippen molar-refractivity contribution < 1.29 is 19.1 Å². The second kappa shape index (κ2) is 7.92. The van der Waals surface area contributed by atoms with Gasteiger partial charge in [0.2, 0.25) is 5.91 Å². The minimum Gasteiger partial charge on any atom is -0.384 e. The van der Waals surface area contributed by atoms with Crippen LogP contribution in [0.25, 0.3) is 0 Å². The highest BCUT2D eigenvalue weighted by Gasteiger charge is 2.12. The third-order valence-corrected chi connectivity index (χ3v) is 2.44. The number of aliphatic hydroxyl groups excluding tert-OH is 1. The zero-order valence-corrected chi connectivity index (χ0v) is 11.0. The zero-order chi connectivity index (χ0) is 15.0. The van der Waals surface area contributed by atoms with E-state index in [1.807, 2.05) is 0 Å². The van der Waals surface area contributed by atoms with E-state index in [-0.39, 0.29) is 31.0 Å². The maximum atomic E-state index is 13.6. The third kappa shape index (κ3) is 4.71. The fourth-order valence-corrected chi connectivity index (χ4v) is 1.43.